The number of benzene rings is 1. The number of aryl methyl sites for hydroxylation is 1. The molecule has 2 aliphatic carbocycles. The van der Waals surface area contributed by atoms with Crippen LogP contribution < -0.4 is 10.9 Å². The normalized spacial score (nSPS) is 15.5. The van der Waals surface area contributed by atoms with Crippen molar-refractivity contribution in [1.29, 1.82) is 0 Å². The van der Waals surface area contributed by atoms with Crippen LogP contribution in [0.5, 0.6) is 0 Å². The monoisotopic (exact) mass is 493 g/mol. The van der Waals surface area contributed by atoms with Gasteiger partial charge in [0.2, 0.25) is 0 Å². The van der Waals surface area contributed by atoms with E-state index in [9.17, 15) is 9.59 Å². The van der Waals surface area contributed by atoms with Gasteiger partial charge in [-0.15, -0.1) is 0 Å². The molecule has 2 aliphatic rings. The van der Waals surface area contributed by atoms with Crippen molar-refractivity contribution in [3.63, 3.8) is 0 Å². The van der Waals surface area contributed by atoms with E-state index >= 15 is 0 Å². The zero-order valence-corrected chi connectivity index (χ0v) is 20.8. The fraction of sp³-hybridized carbons (Fsp3) is 0.321. The van der Waals surface area contributed by atoms with Gasteiger partial charge in [0.1, 0.15) is 5.52 Å². The van der Waals surface area contributed by atoms with E-state index in [1.54, 1.807) is 17.9 Å². The van der Waals surface area contributed by atoms with E-state index in [1.807, 2.05) is 54.3 Å². The summed E-state index contributed by atoms with van der Waals surface area (Å²) in [4.78, 5) is 31.9. The summed E-state index contributed by atoms with van der Waals surface area (Å²) in [6.45, 7) is 0.751. The van der Waals surface area contributed by atoms with E-state index in [0.717, 1.165) is 54.4 Å². The summed E-state index contributed by atoms with van der Waals surface area (Å²) in [5.74, 6) is 0.841. The van der Waals surface area contributed by atoms with Crippen molar-refractivity contribution in [1.82, 2.24) is 34.4 Å². The van der Waals surface area contributed by atoms with Gasteiger partial charge in [-0.05, 0) is 55.9 Å². The number of nitrogens with zero attached hydrogens (tertiary/aromatic N) is 6. The number of fused-ring (bicyclic) bond motifs is 2. The van der Waals surface area contributed by atoms with Crippen LogP contribution in [-0.4, -0.2) is 42.1 Å². The molecule has 4 aromatic heterocycles. The van der Waals surface area contributed by atoms with Crippen LogP contribution in [0.4, 0.5) is 0 Å². The molecule has 37 heavy (non-hydrogen) atoms. The first-order chi connectivity index (χ1) is 18.0. The molecule has 0 atom stereocenters. The Morgan fingerprint density at radius 2 is 1.92 bits per heavy atom. The van der Waals surface area contributed by atoms with Gasteiger partial charge in [-0.25, -0.2) is 0 Å². The summed E-state index contributed by atoms with van der Waals surface area (Å²) >= 11 is 0. The summed E-state index contributed by atoms with van der Waals surface area (Å²) in [6.07, 6.45) is 10.2. The first-order valence-corrected chi connectivity index (χ1v) is 12.8. The molecule has 2 saturated carbocycles. The molecule has 186 valence electrons. The number of pyridine rings is 1. The molecule has 2 fully saturated rings. The maximum atomic E-state index is 14.2. The maximum absolute atomic E-state index is 14.2. The van der Waals surface area contributed by atoms with Crippen LogP contribution in [0.25, 0.3) is 38.8 Å². The van der Waals surface area contributed by atoms with Gasteiger partial charge in [0.05, 0.1) is 27.8 Å². The Kier molecular flexibility index (Phi) is 4.82. The lowest BCUT2D eigenvalue weighted by Crippen LogP contribution is -2.25. The minimum atomic E-state index is -0.240. The highest BCUT2D eigenvalue weighted by atomic mass is 16.1. The van der Waals surface area contributed by atoms with E-state index in [1.165, 1.54) is 4.68 Å². The Morgan fingerprint density at radius 1 is 1.08 bits per heavy atom. The SMILES string of the molecule is CNC(=O)c1cn(CC2CC2)c2c(-c3ccc(C4CC4)nc3)c(=O)n(-c3ccc4nn(C)cc4c3)nc12. The van der Waals surface area contributed by atoms with Crippen molar-refractivity contribution < 1.29 is 4.79 Å². The van der Waals surface area contributed by atoms with Gasteiger partial charge in [-0.1, -0.05) is 6.07 Å². The molecule has 0 radical (unpaired) electrons. The second kappa shape index (κ2) is 8.12. The van der Waals surface area contributed by atoms with Gasteiger partial charge in [-0.2, -0.15) is 14.9 Å². The lowest BCUT2D eigenvalue weighted by Gasteiger charge is -2.13. The highest BCUT2D eigenvalue weighted by Crippen LogP contribution is 2.40. The van der Waals surface area contributed by atoms with Crippen molar-refractivity contribution in [2.75, 3.05) is 7.05 Å². The maximum Gasteiger partial charge on any atom is 0.281 e. The minimum Gasteiger partial charge on any atom is -0.355 e. The minimum absolute atomic E-state index is 0.229. The van der Waals surface area contributed by atoms with E-state index in [2.05, 4.69) is 10.4 Å². The van der Waals surface area contributed by atoms with Gasteiger partial charge in [0.15, 0.2) is 0 Å². The molecule has 5 aromatic rings. The molecule has 9 heteroatoms. The van der Waals surface area contributed by atoms with Crippen molar-refractivity contribution >= 4 is 27.8 Å². The highest BCUT2D eigenvalue weighted by molar-refractivity contribution is 6.08. The molecule has 9 nitrogen and oxygen atoms in total. The molecule has 4 heterocycles. The van der Waals surface area contributed by atoms with Crippen LogP contribution in [0.3, 0.4) is 0 Å². The molecular formula is C28H27N7O2. The van der Waals surface area contributed by atoms with E-state index in [4.69, 9.17) is 10.1 Å². The Bertz CT molecular complexity index is 1750. The topological polar surface area (TPSA) is 99.6 Å². The molecule has 0 saturated heterocycles. The molecule has 1 N–H and O–H groups in total. The van der Waals surface area contributed by atoms with Crippen LogP contribution >= 0.6 is 0 Å². The van der Waals surface area contributed by atoms with Crippen molar-refractivity contribution in [2.24, 2.45) is 13.0 Å². The summed E-state index contributed by atoms with van der Waals surface area (Å²) < 4.78 is 5.20. The van der Waals surface area contributed by atoms with Crippen molar-refractivity contribution in [3.8, 4) is 16.8 Å². The molecule has 0 bridgehead atoms. The van der Waals surface area contributed by atoms with Gasteiger partial charge in [0, 0.05) is 61.8 Å². The number of nitrogens with one attached hydrogen (secondary N) is 1. The first-order valence-electron chi connectivity index (χ1n) is 12.8. The fourth-order valence-electron chi connectivity index (χ4n) is 5.16. The lowest BCUT2D eigenvalue weighted by molar-refractivity contribution is 0.0964. The Hall–Kier alpha value is -4.27. The van der Waals surface area contributed by atoms with E-state index < -0.39 is 0 Å². The number of hydrogen-bond acceptors (Lipinski definition) is 5. The molecule has 0 unspecified atom stereocenters. The molecule has 1 aromatic carbocycles. The van der Waals surface area contributed by atoms with Crippen LogP contribution in [0.1, 0.15) is 47.7 Å². The fourth-order valence-corrected chi connectivity index (χ4v) is 5.16. The van der Waals surface area contributed by atoms with Crippen LogP contribution in [0, 0.1) is 5.92 Å². The van der Waals surface area contributed by atoms with Crippen LogP contribution in [0.15, 0.2) is 53.7 Å². The van der Waals surface area contributed by atoms with E-state index in [0.29, 0.717) is 39.7 Å². The Morgan fingerprint density at radius 3 is 2.62 bits per heavy atom. The van der Waals surface area contributed by atoms with Gasteiger partial charge < -0.3 is 9.88 Å². The zero-order valence-electron chi connectivity index (χ0n) is 20.8. The lowest BCUT2D eigenvalue weighted by atomic mass is 10.1. The number of rotatable bonds is 6. The summed E-state index contributed by atoms with van der Waals surface area (Å²) in [5, 5.41) is 12.9. The van der Waals surface area contributed by atoms with Gasteiger partial charge >= 0.3 is 0 Å². The average Bonchev–Trinajstić information content (AvgIpc) is 3.83. The summed E-state index contributed by atoms with van der Waals surface area (Å²) in [7, 11) is 3.48. The zero-order chi connectivity index (χ0) is 25.3. The molecule has 0 aliphatic heterocycles. The first kappa shape index (κ1) is 22.0. The van der Waals surface area contributed by atoms with Crippen molar-refractivity contribution in [3.05, 3.63) is 70.5 Å². The average molecular weight is 494 g/mol. The highest BCUT2D eigenvalue weighted by Gasteiger charge is 2.29. The second-order valence-corrected chi connectivity index (χ2v) is 10.3. The summed E-state index contributed by atoms with van der Waals surface area (Å²) in [6, 6.07) is 9.64. The predicted molar refractivity (Wildman–Crippen MR) is 141 cm³/mol. The number of carbonyl (C=O) groups is 1. The third-order valence-electron chi connectivity index (χ3n) is 7.44. The number of amides is 1. The standard InChI is InChI=1S/C28H27N7O2/c1-29-27(36)21-15-34(13-16-3-4-16)26-24(18-7-9-22(30-12-18)17-5-6-17)28(37)35(32-25(21)26)20-8-10-23-19(11-20)14-33(2)31-23/h7-12,14-17H,3-6,13H2,1-2H3,(H,29,36). The predicted octanol–water partition coefficient (Wildman–Crippen LogP) is 3.78. The Balaban J connectivity index is 1.52. The quantitative estimate of drug-likeness (QED) is 0.388. The van der Waals surface area contributed by atoms with Crippen LogP contribution in [0.2, 0.25) is 0 Å². The third-order valence-corrected chi connectivity index (χ3v) is 7.44. The van der Waals surface area contributed by atoms with Crippen molar-refractivity contribution in [2.45, 2.75) is 38.1 Å². The summed E-state index contributed by atoms with van der Waals surface area (Å²) in [5.41, 5.74) is 5.18. The number of aromatic nitrogens is 6. The molecular weight excluding hydrogens is 466 g/mol. The Labute approximate surface area is 212 Å². The van der Waals surface area contributed by atoms with E-state index in [-0.39, 0.29) is 11.5 Å². The molecule has 7 rings (SSSR count). The number of hydrogen-bond donors (Lipinski definition) is 1. The smallest absolute Gasteiger partial charge is 0.281 e. The third kappa shape index (κ3) is 3.73. The number of carbonyl (C=O) groups excluding carboxylic acids is 1. The molecule has 1 amide bonds. The second-order valence-electron chi connectivity index (χ2n) is 10.3. The largest absolute Gasteiger partial charge is 0.355 e. The van der Waals surface area contributed by atoms with Gasteiger partial charge in [-0.3, -0.25) is 19.3 Å². The van der Waals surface area contributed by atoms with Gasteiger partial charge in [0.25, 0.3) is 11.5 Å². The molecule has 0 spiro atoms. The van der Waals surface area contributed by atoms with Crippen LogP contribution in [-0.2, 0) is 13.6 Å².